The second-order valence-electron chi connectivity index (χ2n) is 7.35. The van der Waals surface area contributed by atoms with Gasteiger partial charge in [0.1, 0.15) is 13.2 Å². The molecule has 2 aliphatic heterocycles. The Labute approximate surface area is 169 Å². The average Bonchev–Trinajstić information content (AvgIpc) is 3.27. The summed E-state index contributed by atoms with van der Waals surface area (Å²) < 4.78 is 11.3. The number of hydrogen-bond donors (Lipinski definition) is 0. The van der Waals surface area contributed by atoms with E-state index < -0.39 is 0 Å². The first kappa shape index (κ1) is 17.7. The third-order valence-electron chi connectivity index (χ3n) is 5.56. The normalized spacial score (nSPS) is 18.5. The van der Waals surface area contributed by atoms with Gasteiger partial charge in [0, 0.05) is 29.8 Å². The summed E-state index contributed by atoms with van der Waals surface area (Å²) in [5.74, 6) is 1.57. The molecule has 0 aliphatic carbocycles. The highest BCUT2D eigenvalue weighted by molar-refractivity contribution is 5.95. The highest BCUT2D eigenvalue weighted by Crippen LogP contribution is 2.38. The van der Waals surface area contributed by atoms with Crippen molar-refractivity contribution in [2.24, 2.45) is 0 Å². The third kappa shape index (κ3) is 3.44. The van der Waals surface area contributed by atoms with E-state index in [4.69, 9.17) is 9.47 Å². The van der Waals surface area contributed by atoms with E-state index in [9.17, 15) is 4.79 Å². The smallest absolute Gasteiger partial charge is 0.247 e. The number of benzene rings is 2. The number of amides is 1. The Morgan fingerprint density at radius 2 is 1.93 bits per heavy atom. The van der Waals surface area contributed by atoms with Crippen LogP contribution in [0.15, 0.2) is 60.8 Å². The fraction of sp³-hybridized carbons (Fsp3) is 0.250. The summed E-state index contributed by atoms with van der Waals surface area (Å²) in [4.78, 5) is 19.4. The van der Waals surface area contributed by atoms with Crippen LogP contribution in [0.25, 0.3) is 17.0 Å². The fourth-order valence-electron chi connectivity index (χ4n) is 4.16. The maximum Gasteiger partial charge on any atom is 0.247 e. The van der Waals surface area contributed by atoms with Gasteiger partial charge in [-0.1, -0.05) is 30.3 Å². The summed E-state index contributed by atoms with van der Waals surface area (Å²) >= 11 is 0. The number of para-hydroxylation sites is 1. The molecule has 1 atom stereocenters. The number of ether oxygens (including phenoxy) is 2. The van der Waals surface area contributed by atoms with Crippen molar-refractivity contribution in [3.63, 3.8) is 0 Å². The first-order chi connectivity index (χ1) is 14.3. The molecule has 0 spiro atoms. The van der Waals surface area contributed by atoms with E-state index in [1.54, 1.807) is 12.3 Å². The van der Waals surface area contributed by atoms with Gasteiger partial charge in [-0.3, -0.25) is 9.78 Å². The third-order valence-corrected chi connectivity index (χ3v) is 5.56. The lowest BCUT2D eigenvalue weighted by molar-refractivity contribution is -0.126. The number of carbonyl (C=O) groups excluding carboxylic acids is 1. The number of rotatable bonds is 3. The van der Waals surface area contributed by atoms with Crippen molar-refractivity contribution in [1.29, 1.82) is 0 Å². The molecule has 0 saturated carbocycles. The van der Waals surface area contributed by atoms with Crippen molar-refractivity contribution in [3.8, 4) is 11.5 Å². The highest BCUT2D eigenvalue weighted by Gasteiger charge is 2.29. The second kappa shape index (κ2) is 7.59. The van der Waals surface area contributed by atoms with Crippen molar-refractivity contribution in [1.82, 2.24) is 9.88 Å². The van der Waals surface area contributed by atoms with Crippen molar-refractivity contribution < 1.29 is 14.3 Å². The predicted molar refractivity (Wildman–Crippen MR) is 112 cm³/mol. The van der Waals surface area contributed by atoms with E-state index in [1.807, 2.05) is 59.5 Å². The van der Waals surface area contributed by atoms with E-state index in [0.717, 1.165) is 52.9 Å². The van der Waals surface area contributed by atoms with Crippen LogP contribution in [0.1, 0.15) is 30.0 Å². The molecule has 2 aliphatic rings. The van der Waals surface area contributed by atoms with Gasteiger partial charge < -0.3 is 14.4 Å². The lowest BCUT2D eigenvalue weighted by Gasteiger charge is -2.26. The molecule has 5 heteroatoms. The first-order valence-electron chi connectivity index (χ1n) is 10.0. The Bertz CT molecular complexity index is 1090. The number of aromatic nitrogens is 1. The van der Waals surface area contributed by atoms with Crippen LogP contribution in [0.2, 0.25) is 0 Å². The zero-order valence-corrected chi connectivity index (χ0v) is 16.1. The lowest BCUT2D eigenvalue weighted by Crippen LogP contribution is -2.29. The Morgan fingerprint density at radius 1 is 1.07 bits per heavy atom. The van der Waals surface area contributed by atoms with Crippen LogP contribution >= 0.6 is 0 Å². The average molecular weight is 386 g/mol. The lowest BCUT2D eigenvalue weighted by atomic mass is 10.0. The maximum atomic E-state index is 13.0. The number of fused-ring (bicyclic) bond motifs is 2. The maximum absolute atomic E-state index is 13.0. The minimum Gasteiger partial charge on any atom is -0.486 e. The van der Waals surface area contributed by atoms with Gasteiger partial charge in [0.25, 0.3) is 0 Å². The number of carbonyl (C=O) groups is 1. The summed E-state index contributed by atoms with van der Waals surface area (Å²) in [6.45, 7) is 1.90. The Hall–Kier alpha value is -3.34. The summed E-state index contributed by atoms with van der Waals surface area (Å²) in [7, 11) is 0. The molecule has 1 saturated heterocycles. The van der Waals surface area contributed by atoms with Crippen molar-refractivity contribution in [2.45, 2.75) is 18.9 Å². The van der Waals surface area contributed by atoms with Crippen LogP contribution in [0.3, 0.4) is 0 Å². The standard InChI is InChI=1S/C24H22N2O3/c27-23(11-9-18-5-1-4-17-6-2-12-25-24(17)18)26-13-3-7-20(26)19-8-10-21-22(16-19)29-15-14-28-21/h1-2,4-6,8-12,16,20H,3,7,13-15H2/b11-9+. The predicted octanol–water partition coefficient (Wildman–Crippen LogP) is 4.38. The van der Waals surface area contributed by atoms with E-state index in [0.29, 0.717) is 13.2 Å². The van der Waals surface area contributed by atoms with Crippen LogP contribution < -0.4 is 9.47 Å². The molecule has 0 N–H and O–H groups in total. The molecule has 5 nitrogen and oxygen atoms in total. The van der Waals surface area contributed by atoms with Gasteiger partial charge in [-0.2, -0.15) is 0 Å². The van der Waals surface area contributed by atoms with Gasteiger partial charge in [0.2, 0.25) is 5.91 Å². The van der Waals surface area contributed by atoms with Crippen LogP contribution in [-0.2, 0) is 4.79 Å². The van der Waals surface area contributed by atoms with E-state index in [2.05, 4.69) is 4.98 Å². The molecular weight excluding hydrogens is 364 g/mol. The fourth-order valence-corrected chi connectivity index (χ4v) is 4.16. The summed E-state index contributed by atoms with van der Waals surface area (Å²) in [6.07, 6.45) is 7.26. The minimum absolute atomic E-state index is 0.0234. The number of pyridine rings is 1. The van der Waals surface area contributed by atoms with Crippen LogP contribution in [0, 0.1) is 0 Å². The molecule has 5 rings (SSSR count). The van der Waals surface area contributed by atoms with Gasteiger partial charge in [-0.05, 0) is 42.7 Å². The van der Waals surface area contributed by atoms with Crippen LogP contribution in [0.5, 0.6) is 11.5 Å². The zero-order valence-electron chi connectivity index (χ0n) is 16.1. The van der Waals surface area contributed by atoms with Crippen LogP contribution in [-0.4, -0.2) is 35.5 Å². The van der Waals surface area contributed by atoms with E-state index in [1.165, 1.54) is 0 Å². The molecule has 0 radical (unpaired) electrons. The van der Waals surface area contributed by atoms with Gasteiger partial charge in [0.15, 0.2) is 11.5 Å². The summed E-state index contributed by atoms with van der Waals surface area (Å²) in [5, 5.41) is 1.07. The Kier molecular flexibility index (Phi) is 4.64. The van der Waals surface area contributed by atoms with E-state index in [-0.39, 0.29) is 11.9 Å². The van der Waals surface area contributed by atoms with Gasteiger partial charge in [-0.25, -0.2) is 0 Å². The molecule has 29 heavy (non-hydrogen) atoms. The zero-order chi connectivity index (χ0) is 19.6. The molecule has 0 bridgehead atoms. The topological polar surface area (TPSA) is 51.7 Å². The molecule has 146 valence electrons. The molecule has 2 aromatic carbocycles. The minimum atomic E-state index is 0.0234. The van der Waals surface area contributed by atoms with Crippen molar-refractivity contribution in [2.75, 3.05) is 19.8 Å². The Balaban J connectivity index is 1.38. The van der Waals surface area contributed by atoms with Crippen molar-refractivity contribution in [3.05, 3.63) is 71.9 Å². The molecular formula is C24H22N2O3. The summed E-state index contributed by atoms with van der Waals surface area (Å²) in [6, 6.07) is 16.0. The molecule has 3 heterocycles. The molecule has 1 amide bonds. The van der Waals surface area contributed by atoms with Gasteiger partial charge in [0.05, 0.1) is 11.6 Å². The Morgan fingerprint density at radius 3 is 2.86 bits per heavy atom. The second-order valence-corrected chi connectivity index (χ2v) is 7.35. The number of likely N-dealkylation sites (tertiary alicyclic amines) is 1. The molecule has 3 aromatic rings. The van der Waals surface area contributed by atoms with Crippen molar-refractivity contribution >= 4 is 22.9 Å². The quantitative estimate of drug-likeness (QED) is 0.627. The molecule has 1 unspecified atom stereocenters. The van der Waals surface area contributed by atoms with Gasteiger partial charge >= 0.3 is 0 Å². The number of hydrogen-bond acceptors (Lipinski definition) is 4. The number of nitrogens with zero attached hydrogens (tertiary/aromatic N) is 2. The van der Waals surface area contributed by atoms with Crippen LogP contribution in [0.4, 0.5) is 0 Å². The molecule has 1 aromatic heterocycles. The SMILES string of the molecule is O=C(/C=C/c1cccc2cccnc12)N1CCCC1c1ccc2c(c1)OCCO2. The highest BCUT2D eigenvalue weighted by atomic mass is 16.6. The van der Waals surface area contributed by atoms with E-state index >= 15 is 0 Å². The largest absolute Gasteiger partial charge is 0.486 e. The molecule has 1 fully saturated rings. The monoisotopic (exact) mass is 386 g/mol. The summed E-state index contributed by atoms with van der Waals surface area (Å²) in [5.41, 5.74) is 2.95. The van der Waals surface area contributed by atoms with Gasteiger partial charge in [-0.15, -0.1) is 0 Å². The first-order valence-corrected chi connectivity index (χ1v) is 10.0.